The summed E-state index contributed by atoms with van der Waals surface area (Å²) in [6, 6.07) is 89.8. The minimum atomic E-state index is -0.0772. The van der Waals surface area contributed by atoms with Crippen LogP contribution in [0.4, 0.5) is 34.1 Å². The first-order valence-electron chi connectivity index (χ1n) is 44.0. The van der Waals surface area contributed by atoms with Gasteiger partial charge in [-0.15, -0.1) is 0 Å². The van der Waals surface area contributed by atoms with Crippen LogP contribution >= 0.6 is 0 Å². The number of anilines is 6. The molecule has 0 spiro atoms. The predicted molar refractivity (Wildman–Crippen MR) is 520 cm³/mol. The Bertz CT molecular complexity index is 4870. The van der Waals surface area contributed by atoms with Gasteiger partial charge in [-0.2, -0.15) is 0 Å². The maximum atomic E-state index is 12.4. The molecular formula is C109H142N6O7. The van der Waals surface area contributed by atoms with Crippen molar-refractivity contribution in [1.29, 1.82) is 0 Å². The largest absolute Gasteiger partial charge is 0.497 e. The number of hydrogen-bond donors (Lipinski definition) is 6. The molecule has 0 aromatic heterocycles. The number of carbonyl (C=O) groups is 6. The van der Waals surface area contributed by atoms with Gasteiger partial charge in [0.2, 0.25) is 23.6 Å². The second-order valence-corrected chi connectivity index (χ2v) is 33.0. The summed E-state index contributed by atoms with van der Waals surface area (Å²) in [5.74, 6) is 5.17. The number of fused-ring (bicyclic) bond motifs is 1. The summed E-state index contributed by atoms with van der Waals surface area (Å²) in [6.45, 7) is 42.1. The molecule has 13 heteroatoms. The maximum Gasteiger partial charge on any atom is 0.255 e. The smallest absolute Gasteiger partial charge is 0.255 e. The van der Waals surface area contributed by atoms with E-state index in [0.717, 1.165) is 63.5 Å². The van der Waals surface area contributed by atoms with Crippen LogP contribution in [-0.2, 0) is 19.2 Å². The molecule has 0 saturated carbocycles. The summed E-state index contributed by atoms with van der Waals surface area (Å²) in [7, 11) is 1.69. The van der Waals surface area contributed by atoms with Gasteiger partial charge in [-0.1, -0.05) is 327 Å². The summed E-state index contributed by atoms with van der Waals surface area (Å²) in [5, 5.41) is 19.6. The molecule has 0 saturated heterocycles. The number of nitrogens with one attached hydrogen (secondary N) is 6. The van der Waals surface area contributed by atoms with E-state index in [0.29, 0.717) is 77.7 Å². The first-order valence-corrected chi connectivity index (χ1v) is 44.0. The third-order valence-corrected chi connectivity index (χ3v) is 19.8. The van der Waals surface area contributed by atoms with Crippen molar-refractivity contribution in [3.63, 3.8) is 0 Å². The molecule has 650 valence electrons. The van der Waals surface area contributed by atoms with Gasteiger partial charge in [0.1, 0.15) is 5.75 Å². The number of methoxy groups -OCH3 is 1. The van der Waals surface area contributed by atoms with Crippen molar-refractivity contribution in [3.05, 3.63) is 329 Å². The van der Waals surface area contributed by atoms with Crippen molar-refractivity contribution in [1.82, 2.24) is 0 Å². The van der Waals surface area contributed by atoms with Gasteiger partial charge < -0.3 is 36.6 Å². The molecule has 0 aliphatic heterocycles. The molecule has 6 amide bonds. The van der Waals surface area contributed by atoms with E-state index in [1.807, 2.05) is 208 Å². The van der Waals surface area contributed by atoms with Crippen molar-refractivity contribution >= 4 is 80.3 Å². The summed E-state index contributed by atoms with van der Waals surface area (Å²) < 4.78 is 5.11. The molecular weight excluding hydrogens is 1510 g/mol. The van der Waals surface area contributed by atoms with Gasteiger partial charge in [0.05, 0.1) is 7.11 Å². The Balaban J connectivity index is 0.000000297. The molecule has 6 N–H and O–H groups in total. The van der Waals surface area contributed by atoms with E-state index in [-0.39, 0.29) is 35.4 Å². The van der Waals surface area contributed by atoms with Gasteiger partial charge >= 0.3 is 0 Å². The lowest BCUT2D eigenvalue weighted by molar-refractivity contribution is -0.117. The fraction of sp³-hybridized carbons (Fsp3) is 0.358. The quantitative estimate of drug-likeness (QED) is 0.0277. The van der Waals surface area contributed by atoms with E-state index >= 15 is 0 Å². The van der Waals surface area contributed by atoms with E-state index in [1.165, 1.54) is 83.5 Å². The standard InChI is InChI=1S/C20H19NO.C18H29NO.C16H17NO.C13H19NO.C12H17NO.C11H15NO.C10H14O.C9H12/c1-14(2)16-8-5-9-19(13-16)21-20(22)18-11-10-15-6-3-4-7-17(15)12-18;1-4-5-6-7-8-9-13-18(20)19-17-12-10-11-16(14-17)15(2)3;1-12(2)14-9-6-10-15(11-14)17-16(18)13-7-4-3-5-8-13;1-4-6-13(15)14-12-8-5-7-11(9-12)10(2)3;1-4-12(14)13-11-7-5-6-10(8-11)9(2)3;1-8(2)10-5-4-6-11(7-10)12-9(3)13;1-8(2)9-5-4-6-10(7-9)11-3;1-8(2)9-6-4-3-5-7-9/h3-14H,1-2H3,(H,21,22);10-12,14-15H,4-9,13H2,1-3H3,(H,19,20);3-12H,1-2H3,(H,17,18);5,7-10H,4,6H2,1-3H3,(H,14,15);5-9H,4H2,1-3H3,(H,13,14);4-8H,1-3H3,(H,12,13);4-8H,1-3H3;3-8H,1-2H3. The van der Waals surface area contributed by atoms with Gasteiger partial charge in [0, 0.05) is 71.4 Å². The number of ether oxygens (including phenoxy) is 1. The zero-order chi connectivity index (χ0) is 89.9. The van der Waals surface area contributed by atoms with Crippen molar-refractivity contribution in [2.24, 2.45) is 0 Å². The molecule has 0 bridgehead atoms. The van der Waals surface area contributed by atoms with Crippen molar-refractivity contribution in [2.45, 2.75) is 250 Å². The number of hydrogen-bond acceptors (Lipinski definition) is 7. The third-order valence-electron chi connectivity index (χ3n) is 19.8. The van der Waals surface area contributed by atoms with E-state index < -0.39 is 0 Å². The highest BCUT2D eigenvalue weighted by Gasteiger charge is 2.13. The lowest BCUT2D eigenvalue weighted by atomic mass is 10.0. The molecule has 13 nitrogen and oxygen atoms in total. The Morgan fingerprint density at radius 2 is 0.574 bits per heavy atom. The number of unbranched alkanes of at least 4 members (excludes halogenated alkanes) is 5. The Morgan fingerprint density at radius 1 is 0.262 bits per heavy atom. The summed E-state index contributed by atoms with van der Waals surface area (Å²) in [6.07, 6.45) is 9.93. The topological polar surface area (TPSA) is 184 Å². The second-order valence-electron chi connectivity index (χ2n) is 33.0. The fourth-order valence-corrected chi connectivity index (χ4v) is 12.2. The van der Waals surface area contributed by atoms with Crippen LogP contribution in [0.5, 0.6) is 5.75 Å². The Morgan fingerprint density at radius 3 is 0.934 bits per heavy atom. The average Bonchev–Trinajstić information content (AvgIpc) is 0.825. The molecule has 0 radical (unpaired) electrons. The van der Waals surface area contributed by atoms with Crippen molar-refractivity contribution in [2.75, 3.05) is 39.0 Å². The number of benzene rings is 11. The molecule has 0 heterocycles. The van der Waals surface area contributed by atoms with E-state index in [9.17, 15) is 28.8 Å². The third kappa shape index (κ3) is 41.5. The normalized spacial score (nSPS) is 10.5. The molecule has 0 atom stereocenters. The van der Waals surface area contributed by atoms with Crippen LogP contribution in [0.25, 0.3) is 10.8 Å². The summed E-state index contributed by atoms with van der Waals surface area (Å²) >= 11 is 0. The molecule has 11 aromatic carbocycles. The Kier molecular flexibility index (Phi) is 48.4. The monoisotopic (exact) mass is 1650 g/mol. The van der Waals surface area contributed by atoms with Crippen LogP contribution in [0, 0.1) is 0 Å². The molecule has 0 aliphatic rings. The zero-order valence-corrected chi connectivity index (χ0v) is 77.0. The van der Waals surface area contributed by atoms with Crippen LogP contribution < -0.4 is 36.6 Å². The molecule has 0 aliphatic carbocycles. The first-order chi connectivity index (χ1) is 58.3. The lowest BCUT2D eigenvalue weighted by Crippen LogP contribution is -2.12. The van der Waals surface area contributed by atoms with E-state index in [1.54, 1.807) is 7.11 Å². The van der Waals surface area contributed by atoms with Gasteiger partial charge in [-0.3, -0.25) is 28.8 Å². The van der Waals surface area contributed by atoms with Crippen LogP contribution in [0.1, 0.15) is 315 Å². The average molecular weight is 1650 g/mol. The summed E-state index contributed by atoms with van der Waals surface area (Å²) in [4.78, 5) is 69.6. The molecule has 0 fully saturated rings. The Labute approximate surface area is 732 Å². The van der Waals surface area contributed by atoms with Gasteiger partial charge in [-0.05, 0) is 225 Å². The second kappa shape index (κ2) is 57.5. The molecule has 11 rings (SSSR count). The van der Waals surface area contributed by atoms with Crippen LogP contribution in [-0.4, -0.2) is 42.6 Å². The highest BCUT2D eigenvalue weighted by atomic mass is 16.5. The lowest BCUT2D eigenvalue weighted by Gasteiger charge is -2.10. The van der Waals surface area contributed by atoms with Crippen molar-refractivity contribution in [3.8, 4) is 5.75 Å². The first kappa shape index (κ1) is 103. The van der Waals surface area contributed by atoms with Crippen LogP contribution in [0.3, 0.4) is 0 Å². The fourth-order valence-electron chi connectivity index (χ4n) is 12.2. The summed E-state index contributed by atoms with van der Waals surface area (Å²) in [5.41, 5.74) is 16.8. The minimum absolute atomic E-state index is 0.0269. The predicted octanol–water partition coefficient (Wildman–Crippen LogP) is 29.9. The molecule has 0 unspecified atom stereocenters. The highest BCUT2D eigenvalue weighted by molar-refractivity contribution is 6.07. The van der Waals surface area contributed by atoms with Crippen LogP contribution in [0.15, 0.2) is 273 Å². The number of rotatable bonds is 27. The van der Waals surface area contributed by atoms with Gasteiger partial charge in [0.15, 0.2) is 0 Å². The Hall–Kier alpha value is -11.7. The SMILES string of the molecule is CC(=O)Nc1cccc(C(C)C)c1.CC(C)c1cccc(NC(=O)c2ccc3ccccc3c2)c1.CC(C)c1cccc(NC(=O)c2ccccc2)c1.CC(C)c1ccccc1.CCC(=O)Nc1cccc(C(C)C)c1.CCCC(=O)Nc1cccc(C(C)C)c1.CCCCCCCCC(=O)Nc1cccc(C(C)C)c1.COc1cccc(C(C)C)c1. The minimum Gasteiger partial charge on any atom is -0.497 e. The number of amides is 6. The van der Waals surface area contributed by atoms with E-state index in [2.05, 4.69) is 228 Å². The highest BCUT2D eigenvalue weighted by Crippen LogP contribution is 2.27. The van der Waals surface area contributed by atoms with Crippen LogP contribution in [0.2, 0.25) is 0 Å². The number of carbonyl (C=O) groups excluding carboxylic acids is 6. The molecule has 11 aromatic rings. The van der Waals surface area contributed by atoms with E-state index in [4.69, 9.17) is 4.74 Å². The van der Waals surface area contributed by atoms with Gasteiger partial charge in [-0.25, -0.2) is 0 Å². The van der Waals surface area contributed by atoms with Crippen molar-refractivity contribution < 1.29 is 33.5 Å². The van der Waals surface area contributed by atoms with Gasteiger partial charge in [0.25, 0.3) is 11.8 Å². The molecule has 122 heavy (non-hydrogen) atoms. The zero-order valence-electron chi connectivity index (χ0n) is 77.0. The maximum absolute atomic E-state index is 12.4.